The molecule has 9 heteroatoms. The predicted octanol–water partition coefficient (Wildman–Crippen LogP) is 2.92. The Morgan fingerprint density at radius 1 is 1.26 bits per heavy atom. The van der Waals surface area contributed by atoms with Crippen LogP contribution in [0.3, 0.4) is 0 Å². The van der Waals surface area contributed by atoms with Gasteiger partial charge in [-0.15, -0.1) is 0 Å². The molecule has 2 rings (SSSR count). The Bertz CT molecular complexity index is 793. The highest BCUT2D eigenvalue weighted by Gasteiger charge is 2.36. The number of unbranched alkanes of at least 4 members (excludes halogenated alkanes) is 1. The lowest BCUT2D eigenvalue weighted by molar-refractivity contribution is -0.143. The molecule has 31 heavy (non-hydrogen) atoms. The number of ether oxygens (including phenoxy) is 1. The highest BCUT2D eigenvalue weighted by Crippen LogP contribution is 2.22. The number of methoxy groups -OCH3 is 1. The summed E-state index contributed by atoms with van der Waals surface area (Å²) in [6.45, 7) is 8.23. The lowest BCUT2D eigenvalue weighted by atomic mass is 10.0. The number of benzene rings is 1. The van der Waals surface area contributed by atoms with Crippen molar-refractivity contribution in [3.8, 4) is 0 Å². The third-order valence-corrected chi connectivity index (χ3v) is 7.37. The maximum Gasteiger partial charge on any atom is 0.324 e. The maximum atomic E-state index is 13.2. The van der Waals surface area contributed by atoms with Crippen molar-refractivity contribution in [2.45, 2.75) is 65.1 Å². The van der Waals surface area contributed by atoms with Gasteiger partial charge in [-0.2, -0.15) is 17.4 Å². The molecule has 0 amide bonds. The smallest absolute Gasteiger partial charge is 0.324 e. The lowest BCUT2D eigenvalue weighted by Gasteiger charge is -2.38. The van der Waals surface area contributed by atoms with E-state index in [0.717, 1.165) is 31.5 Å². The molecule has 1 aromatic carbocycles. The van der Waals surface area contributed by atoms with Crippen molar-refractivity contribution in [3.05, 3.63) is 35.6 Å². The third-order valence-electron chi connectivity index (χ3n) is 5.72. The normalized spacial score (nSPS) is 17.3. The average molecular weight is 458 g/mol. The first-order valence-corrected chi connectivity index (χ1v) is 12.5. The number of carbonyl (C=O) groups excluding carboxylic acids is 1. The number of hydrogen-bond donors (Lipinski definition) is 1. The molecule has 0 aliphatic carbocycles. The van der Waals surface area contributed by atoms with Gasteiger partial charge in [0.05, 0.1) is 7.11 Å². The largest absolute Gasteiger partial charge is 0.468 e. The molecule has 1 fully saturated rings. The summed E-state index contributed by atoms with van der Waals surface area (Å²) in [5, 5.41) is 0. The van der Waals surface area contributed by atoms with E-state index >= 15 is 0 Å². The summed E-state index contributed by atoms with van der Waals surface area (Å²) < 4.78 is 48.5. The van der Waals surface area contributed by atoms with Gasteiger partial charge >= 0.3 is 5.97 Å². The monoisotopic (exact) mass is 457 g/mol. The average Bonchev–Trinajstić information content (AvgIpc) is 2.74. The van der Waals surface area contributed by atoms with E-state index in [-0.39, 0.29) is 17.8 Å². The number of hydrogen-bond acceptors (Lipinski definition) is 5. The first-order chi connectivity index (χ1) is 14.7. The SMILES string of the molecule is CCCCN(C1CCN(Cc2ccc(F)cc2)CC1)S(=O)(=O)N[C@@H](C(=O)OC)C(C)C. The van der Waals surface area contributed by atoms with Crippen LogP contribution in [0.15, 0.2) is 24.3 Å². The van der Waals surface area contributed by atoms with Crippen molar-refractivity contribution in [2.24, 2.45) is 5.92 Å². The molecule has 0 spiro atoms. The zero-order valence-electron chi connectivity index (χ0n) is 19.0. The first kappa shape index (κ1) is 25.7. The Labute approximate surface area is 186 Å². The number of carbonyl (C=O) groups is 1. The van der Waals surface area contributed by atoms with Gasteiger partial charge in [-0.3, -0.25) is 9.69 Å². The molecule has 0 bridgehead atoms. The lowest BCUT2D eigenvalue weighted by Crippen LogP contribution is -2.55. The molecule has 0 radical (unpaired) electrons. The standard InChI is InChI=1S/C22H36FN3O4S/c1-5-6-13-26(31(28,29)24-21(17(2)3)22(27)30-4)20-11-14-25(15-12-20)16-18-7-9-19(23)10-8-18/h7-10,17,20-21,24H,5-6,11-16H2,1-4H3/t21-/m1/s1. The van der Waals surface area contributed by atoms with Gasteiger partial charge in [0.2, 0.25) is 0 Å². The fourth-order valence-electron chi connectivity index (χ4n) is 3.84. The van der Waals surface area contributed by atoms with E-state index in [0.29, 0.717) is 25.9 Å². The summed E-state index contributed by atoms with van der Waals surface area (Å²) in [4.78, 5) is 14.3. The van der Waals surface area contributed by atoms with Crippen LogP contribution in [-0.2, 0) is 26.3 Å². The fourth-order valence-corrected chi connectivity index (χ4v) is 5.64. The van der Waals surface area contributed by atoms with Crippen molar-refractivity contribution >= 4 is 16.2 Å². The summed E-state index contributed by atoms with van der Waals surface area (Å²) >= 11 is 0. The van der Waals surface area contributed by atoms with Crippen molar-refractivity contribution in [2.75, 3.05) is 26.7 Å². The number of likely N-dealkylation sites (tertiary alicyclic amines) is 1. The van der Waals surface area contributed by atoms with Crippen molar-refractivity contribution in [1.29, 1.82) is 0 Å². The van der Waals surface area contributed by atoms with Gasteiger partial charge in [0.15, 0.2) is 0 Å². The second-order valence-electron chi connectivity index (χ2n) is 8.47. The zero-order valence-corrected chi connectivity index (χ0v) is 19.8. The van der Waals surface area contributed by atoms with Crippen LogP contribution in [0.4, 0.5) is 4.39 Å². The summed E-state index contributed by atoms with van der Waals surface area (Å²) in [6.07, 6.45) is 3.04. The minimum Gasteiger partial charge on any atom is -0.468 e. The van der Waals surface area contributed by atoms with Crippen LogP contribution in [0.25, 0.3) is 0 Å². The molecule has 7 nitrogen and oxygen atoms in total. The number of rotatable bonds is 11. The second kappa shape index (κ2) is 11.9. The Morgan fingerprint density at radius 2 is 1.87 bits per heavy atom. The van der Waals surface area contributed by atoms with Gasteiger partial charge in [-0.25, -0.2) is 4.39 Å². The van der Waals surface area contributed by atoms with Crippen LogP contribution in [0, 0.1) is 11.7 Å². The highest BCUT2D eigenvalue weighted by atomic mass is 32.2. The van der Waals surface area contributed by atoms with Crippen LogP contribution in [0.5, 0.6) is 0 Å². The second-order valence-corrected chi connectivity index (χ2v) is 10.1. The summed E-state index contributed by atoms with van der Waals surface area (Å²) in [5.41, 5.74) is 1.04. The van der Waals surface area contributed by atoms with Gasteiger partial charge in [0.25, 0.3) is 10.2 Å². The summed E-state index contributed by atoms with van der Waals surface area (Å²) in [6, 6.07) is 5.43. The van der Waals surface area contributed by atoms with Crippen molar-refractivity contribution < 1.29 is 22.3 Å². The van der Waals surface area contributed by atoms with Gasteiger partial charge in [0.1, 0.15) is 11.9 Å². The number of halogens is 1. The first-order valence-electron chi connectivity index (χ1n) is 11.0. The Balaban J connectivity index is 2.06. The van der Waals surface area contributed by atoms with Gasteiger partial charge < -0.3 is 4.74 Å². The molecule has 0 saturated carbocycles. The van der Waals surface area contributed by atoms with Crippen molar-refractivity contribution in [3.63, 3.8) is 0 Å². The molecular weight excluding hydrogens is 421 g/mol. The molecular formula is C22H36FN3O4S. The molecule has 1 atom stereocenters. The van der Waals surface area contributed by atoms with E-state index in [1.165, 1.54) is 23.5 Å². The van der Waals surface area contributed by atoms with Crippen LogP contribution in [0.1, 0.15) is 52.0 Å². The molecule has 1 aromatic rings. The molecule has 1 saturated heterocycles. The van der Waals surface area contributed by atoms with Crippen LogP contribution in [0.2, 0.25) is 0 Å². The van der Waals surface area contributed by atoms with Gasteiger partial charge in [0, 0.05) is 32.2 Å². The van der Waals surface area contributed by atoms with Gasteiger partial charge in [-0.1, -0.05) is 39.3 Å². The molecule has 1 aliphatic rings. The Hall–Kier alpha value is -1.55. The Morgan fingerprint density at radius 3 is 2.39 bits per heavy atom. The quantitative estimate of drug-likeness (QED) is 0.517. The fraction of sp³-hybridized carbons (Fsp3) is 0.682. The van der Waals surface area contributed by atoms with Crippen LogP contribution < -0.4 is 4.72 Å². The minimum atomic E-state index is -3.85. The van der Waals surface area contributed by atoms with Crippen LogP contribution in [-0.4, -0.2) is 62.4 Å². The van der Waals surface area contributed by atoms with E-state index in [2.05, 4.69) is 9.62 Å². The molecule has 1 N–H and O–H groups in total. The molecule has 0 unspecified atom stereocenters. The highest BCUT2D eigenvalue weighted by molar-refractivity contribution is 7.87. The minimum absolute atomic E-state index is 0.126. The van der Waals surface area contributed by atoms with E-state index in [4.69, 9.17) is 4.74 Å². The summed E-state index contributed by atoms with van der Waals surface area (Å²) in [7, 11) is -2.59. The number of nitrogens with zero attached hydrogens (tertiary/aromatic N) is 2. The Kier molecular flexibility index (Phi) is 9.87. The van der Waals surface area contributed by atoms with Crippen molar-refractivity contribution in [1.82, 2.24) is 13.9 Å². The molecule has 176 valence electrons. The summed E-state index contributed by atoms with van der Waals surface area (Å²) in [5.74, 6) is -1.06. The topological polar surface area (TPSA) is 79.0 Å². The van der Waals surface area contributed by atoms with Crippen LogP contribution >= 0.6 is 0 Å². The number of nitrogens with one attached hydrogen (secondary N) is 1. The number of esters is 1. The van der Waals surface area contributed by atoms with E-state index in [9.17, 15) is 17.6 Å². The molecule has 0 aromatic heterocycles. The predicted molar refractivity (Wildman–Crippen MR) is 119 cm³/mol. The van der Waals surface area contributed by atoms with E-state index < -0.39 is 22.2 Å². The number of piperidine rings is 1. The van der Waals surface area contributed by atoms with E-state index in [1.54, 1.807) is 26.0 Å². The maximum absolute atomic E-state index is 13.2. The van der Waals surface area contributed by atoms with E-state index in [1.807, 2.05) is 6.92 Å². The third kappa shape index (κ3) is 7.52. The molecule has 1 heterocycles. The zero-order chi connectivity index (χ0) is 23.0. The van der Waals surface area contributed by atoms with Gasteiger partial charge in [-0.05, 0) is 42.9 Å². The molecule has 1 aliphatic heterocycles.